The van der Waals surface area contributed by atoms with Crippen LogP contribution in [0.25, 0.3) is 0 Å². The number of aliphatic imine (C=N–C) groups is 1. The van der Waals surface area contributed by atoms with E-state index in [2.05, 4.69) is 11.9 Å². The molecule has 1 saturated carbocycles. The Morgan fingerprint density at radius 3 is 3.00 bits per heavy atom. The van der Waals surface area contributed by atoms with Gasteiger partial charge < -0.3 is 0 Å². The van der Waals surface area contributed by atoms with E-state index in [-0.39, 0.29) is 0 Å². The van der Waals surface area contributed by atoms with E-state index in [1.54, 1.807) is 5.71 Å². The lowest BCUT2D eigenvalue weighted by molar-refractivity contribution is 0.561. The van der Waals surface area contributed by atoms with Crippen molar-refractivity contribution >= 4 is 5.71 Å². The van der Waals surface area contributed by atoms with Crippen LogP contribution in [0.1, 0.15) is 32.6 Å². The van der Waals surface area contributed by atoms with E-state index in [1.807, 2.05) is 0 Å². The van der Waals surface area contributed by atoms with Gasteiger partial charge in [0.1, 0.15) is 0 Å². The van der Waals surface area contributed by atoms with Gasteiger partial charge in [-0.1, -0.05) is 6.92 Å². The molecule has 0 aromatic heterocycles. The Morgan fingerprint density at radius 2 is 2.20 bits per heavy atom. The third kappa shape index (κ3) is 0.882. The second kappa shape index (κ2) is 2.37. The molecule has 1 aliphatic carbocycles. The van der Waals surface area contributed by atoms with Crippen LogP contribution >= 0.6 is 0 Å². The molecule has 1 heterocycles. The van der Waals surface area contributed by atoms with E-state index in [0.29, 0.717) is 0 Å². The Bertz CT molecular complexity index is 160. The molecule has 2 aliphatic rings. The quantitative estimate of drug-likeness (QED) is 0.485. The number of hydrogen-bond acceptors (Lipinski definition) is 1. The number of fused-ring (bicyclic) bond motifs is 1. The molecule has 10 heavy (non-hydrogen) atoms. The van der Waals surface area contributed by atoms with Crippen LogP contribution in [-0.2, 0) is 0 Å². The molecule has 0 aromatic rings. The van der Waals surface area contributed by atoms with E-state index >= 15 is 0 Å². The standard InChI is InChI=1S/C9H15N/c1-7-4-5-8-3-2-6-10-9(7)8/h7-8H,2-6H2,1H3. The topological polar surface area (TPSA) is 12.4 Å². The van der Waals surface area contributed by atoms with Crippen LogP contribution in [0.2, 0.25) is 0 Å². The van der Waals surface area contributed by atoms with Crippen molar-refractivity contribution in [3.63, 3.8) is 0 Å². The fourth-order valence-electron chi connectivity index (χ4n) is 2.27. The van der Waals surface area contributed by atoms with Crippen LogP contribution in [-0.4, -0.2) is 12.3 Å². The fourth-order valence-corrected chi connectivity index (χ4v) is 2.27. The van der Waals surface area contributed by atoms with Gasteiger partial charge in [-0.25, -0.2) is 0 Å². The Kier molecular flexibility index (Phi) is 1.51. The van der Waals surface area contributed by atoms with Crippen LogP contribution in [0.15, 0.2) is 4.99 Å². The number of nitrogens with zero attached hydrogens (tertiary/aromatic N) is 1. The van der Waals surface area contributed by atoms with E-state index in [4.69, 9.17) is 0 Å². The molecule has 1 fully saturated rings. The number of hydrogen-bond donors (Lipinski definition) is 0. The third-order valence-corrected chi connectivity index (χ3v) is 2.88. The lowest BCUT2D eigenvalue weighted by Crippen LogP contribution is -2.17. The SMILES string of the molecule is CC1CCC2CCCN=C12. The summed E-state index contributed by atoms with van der Waals surface area (Å²) in [6.45, 7) is 3.43. The number of rotatable bonds is 0. The minimum absolute atomic E-state index is 0.810. The highest BCUT2D eigenvalue weighted by Crippen LogP contribution is 2.33. The van der Waals surface area contributed by atoms with Crippen molar-refractivity contribution in [3.05, 3.63) is 0 Å². The summed E-state index contributed by atoms with van der Waals surface area (Å²) in [5.41, 5.74) is 1.55. The largest absolute Gasteiger partial charge is 0.294 e. The van der Waals surface area contributed by atoms with E-state index < -0.39 is 0 Å². The zero-order valence-corrected chi connectivity index (χ0v) is 6.64. The van der Waals surface area contributed by atoms with Gasteiger partial charge in [0, 0.05) is 12.3 Å². The molecule has 0 bridgehead atoms. The van der Waals surface area contributed by atoms with Crippen molar-refractivity contribution in [2.75, 3.05) is 6.54 Å². The predicted octanol–water partition coefficient (Wildman–Crippen LogP) is 2.27. The average molecular weight is 137 g/mol. The maximum absolute atomic E-state index is 4.59. The Balaban J connectivity index is 2.19. The van der Waals surface area contributed by atoms with Gasteiger partial charge in [-0.15, -0.1) is 0 Å². The summed E-state index contributed by atoms with van der Waals surface area (Å²) in [5.74, 6) is 1.70. The molecule has 0 spiro atoms. The second-order valence-corrected chi connectivity index (χ2v) is 3.62. The van der Waals surface area contributed by atoms with Gasteiger partial charge in [-0.3, -0.25) is 4.99 Å². The summed E-state index contributed by atoms with van der Waals surface area (Å²) in [6.07, 6.45) is 5.56. The first-order valence-electron chi connectivity index (χ1n) is 4.42. The molecule has 0 N–H and O–H groups in total. The van der Waals surface area contributed by atoms with E-state index in [1.165, 1.54) is 25.7 Å². The summed E-state index contributed by atoms with van der Waals surface area (Å²) in [5, 5.41) is 0. The summed E-state index contributed by atoms with van der Waals surface area (Å²) < 4.78 is 0. The Labute approximate surface area is 62.5 Å². The van der Waals surface area contributed by atoms with Crippen LogP contribution in [0.4, 0.5) is 0 Å². The average Bonchev–Trinajstić information content (AvgIpc) is 2.34. The molecular formula is C9H15N. The van der Waals surface area contributed by atoms with Crippen molar-refractivity contribution in [2.24, 2.45) is 16.8 Å². The van der Waals surface area contributed by atoms with Crippen molar-refractivity contribution in [1.82, 2.24) is 0 Å². The molecule has 2 unspecified atom stereocenters. The zero-order chi connectivity index (χ0) is 6.97. The highest BCUT2D eigenvalue weighted by Gasteiger charge is 2.29. The monoisotopic (exact) mass is 137 g/mol. The van der Waals surface area contributed by atoms with Crippen LogP contribution in [0, 0.1) is 11.8 Å². The molecule has 1 nitrogen and oxygen atoms in total. The van der Waals surface area contributed by atoms with Gasteiger partial charge in [0.15, 0.2) is 0 Å². The molecule has 0 aromatic carbocycles. The lowest BCUT2D eigenvalue weighted by Gasteiger charge is -2.17. The normalized spacial score (nSPS) is 39.1. The van der Waals surface area contributed by atoms with Gasteiger partial charge in [-0.2, -0.15) is 0 Å². The Morgan fingerprint density at radius 1 is 1.30 bits per heavy atom. The smallest absolute Gasteiger partial charge is 0.0389 e. The van der Waals surface area contributed by atoms with Gasteiger partial charge in [0.25, 0.3) is 0 Å². The molecule has 0 saturated heterocycles. The van der Waals surface area contributed by atoms with Gasteiger partial charge in [0.05, 0.1) is 0 Å². The first-order valence-corrected chi connectivity index (χ1v) is 4.42. The summed E-state index contributed by atoms with van der Waals surface area (Å²) in [4.78, 5) is 4.59. The highest BCUT2D eigenvalue weighted by atomic mass is 14.8. The van der Waals surface area contributed by atoms with Gasteiger partial charge in [-0.05, 0) is 37.5 Å². The predicted molar refractivity (Wildman–Crippen MR) is 43.4 cm³/mol. The molecule has 2 rings (SSSR count). The maximum Gasteiger partial charge on any atom is 0.0389 e. The molecule has 2 atom stereocenters. The second-order valence-electron chi connectivity index (χ2n) is 3.62. The summed E-state index contributed by atoms with van der Waals surface area (Å²) in [7, 11) is 0. The first-order chi connectivity index (χ1) is 4.88. The maximum atomic E-state index is 4.59. The van der Waals surface area contributed by atoms with E-state index in [0.717, 1.165) is 18.4 Å². The molecule has 1 heteroatoms. The molecular weight excluding hydrogens is 122 g/mol. The minimum Gasteiger partial charge on any atom is -0.294 e. The fraction of sp³-hybridized carbons (Fsp3) is 0.889. The van der Waals surface area contributed by atoms with Crippen molar-refractivity contribution in [3.8, 4) is 0 Å². The zero-order valence-electron chi connectivity index (χ0n) is 6.64. The first kappa shape index (κ1) is 6.38. The van der Waals surface area contributed by atoms with Crippen molar-refractivity contribution in [2.45, 2.75) is 32.6 Å². The minimum atomic E-state index is 0.810. The molecule has 0 amide bonds. The Hall–Kier alpha value is -0.330. The van der Waals surface area contributed by atoms with Crippen molar-refractivity contribution < 1.29 is 0 Å². The third-order valence-electron chi connectivity index (χ3n) is 2.88. The lowest BCUT2D eigenvalue weighted by atomic mass is 9.95. The molecule has 0 radical (unpaired) electrons. The summed E-state index contributed by atoms with van der Waals surface area (Å²) in [6, 6.07) is 0. The van der Waals surface area contributed by atoms with Crippen molar-refractivity contribution in [1.29, 1.82) is 0 Å². The van der Waals surface area contributed by atoms with Crippen LogP contribution < -0.4 is 0 Å². The molecule has 56 valence electrons. The van der Waals surface area contributed by atoms with Gasteiger partial charge >= 0.3 is 0 Å². The van der Waals surface area contributed by atoms with Crippen LogP contribution in [0.5, 0.6) is 0 Å². The highest BCUT2D eigenvalue weighted by molar-refractivity contribution is 5.90. The van der Waals surface area contributed by atoms with Crippen LogP contribution in [0.3, 0.4) is 0 Å². The molecule has 1 aliphatic heterocycles. The van der Waals surface area contributed by atoms with Gasteiger partial charge in [0.2, 0.25) is 0 Å². The van der Waals surface area contributed by atoms with E-state index in [9.17, 15) is 0 Å². The summed E-state index contributed by atoms with van der Waals surface area (Å²) >= 11 is 0.